The molecule has 0 aliphatic carbocycles. The van der Waals surface area contributed by atoms with Gasteiger partial charge in [0.1, 0.15) is 0 Å². The molecule has 1 heterocycles. The Morgan fingerprint density at radius 3 is 2.26 bits per heavy atom. The molecule has 0 unspecified atom stereocenters. The molecular weight excluding hydrogens is 254 g/mol. The molecule has 0 fully saturated rings. The number of H-pyrrole nitrogens is 1. The minimum Gasteiger partial charge on any atom is -0.254 e. The summed E-state index contributed by atoms with van der Waals surface area (Å²) in [5.74, 6) is 0.668. The second-order valence-electron chi connectivity index (χ2n) is 4.39. The lowest BCUT2D eigenvalue weighted by Gasteiger charge is -2.07. The molecule has 1 N–H and O–H groups in total. The molecule has 0 aliphatic heterocycles. The topological polar surface area (TPSA) is 41.6 Å². The monoisotopic (exact) mass is 267 g/mol. The maximum Gasteiger partial charge on any atom is 0.182 e. The third-order valence-electron chi connectivity index (χ3n) is 3.00. The second kappa shape index (κ2) is 4.90. The summed E-state index contributed by atoms with van der Waals surface area (Å²) in [6.45, 7) is 2.08. The number of hydrogen-bond donors (Lipinski definition) is 2. The molecule has 0 amide bonds. The highest BCUT2D eigenvalue weighted by Crippen LogP contribution is 2.30. The van der Waals surface area contributed by atoms with Crippen LogP contribution >= 0.6 is 12.6 Å². The van der Waals surface area contributed by atoms with Crippen LogP contribution < -0.4 is 0 Å². The van der Waals surface area contributed by atoms with Crippen LogP contribution in [0.4, 0.5) is 0 Å². The van der Waals surface area contributed by atoms with Gasteiger partial charge in [0.05, 0.1) is 0 Å². The van der Waals surface area contributed by atoms with E-state index in [1.165, 1.54) is 5.56 Å². The number of hydrogen-bond acceptors (Lipinski definition) is 3. The fourth-order valence-electron chi connectivity index (χ4n) is 2.04. The number of nitrogens with one attached hydrogen (secondary N) is 1. The second-order valence-corrected chi connectivity index (χ2v) is 4.82. The van der Waals surface area contributed by atoms with E-state index in [0.29, 0.717) is 11.0 Å². The maximum absolute atomic E-state index is 4.28. The average Bonchev–Trinajstić information content (AvgIpc) is 2.86. The summed E-state index contributed by atoms with van der Waals surface area (Å²) in [4.78, 5) is 4.28. The first-order valence-corrected chi connectivity index (χ1v) is 6.46. The fourth-order valence-corrected chi connectivity index (χ4v) is 2.18. The van der Waals surface area contributed by atoms with E-state index in [1.807, 2.05) is 18.2 Å². The Morgan fingerprint density at radius 1 is 0.947 bits per heavy atom. The molecule has 0 saturated carbocycles. The Balaban J connectivity index is 2.14. The number of aryl methyl sites for hydroxylation is 1. The minimum atomic E-state index is 0.522. The van der Waals surface area contributed by atoms with E-state index in [1.54, 1.807) is 0 Å². The molecule has 3 rings (SSSR count). The van der Waals surface area contributed by atoms with Crippen LogP contribution in [0.25, 0.3) is 22.5 Å². The van der Waals surface area contributed by atoms with E-state index < -0.39 is 0 Å². The van der Waals surface area contributed by atoms with Gasteiger partial charge in [-0.15, -0.1) is 12.6 Å². The molecule has 0 saturated heterocycles. The molecule has 0 radical (unpaired) electrons. The van der Waals surface area contributed by atoms with Gasteiger partial charge in [-0.3, -0.25) is 5.10 Å². The number of thiol groups is 1. The van der Waals surface area contributed by atoms with Crippen molar-refractivity contribution in [2.75, 3.05) is 0 Å². The summed E-state index contributed by atoms with van der Waals surface area (Å²) in [7, 11) is 0. The predicted molar refractivity (Wildman–Crippen MR) is 79.2 cm³/mol. The largest absolute Gasteiger partial charge is 0.254 e. The molecule has 0 bridgehead atoms. The summed E-state index contributed by atoms with van der Waals surface area (Å²) < 4.78 is 0. The van der Waals surface area contributed by atoms with Crippen LogP contribution in [0.3, 0.4) is 0 Å². The van der Waals surface area contributed by atoms with Gasteiger partial charge in [0.2, 0.25) is 0 Å². The van der Waals surface area contributed by atoms with Crippen molar-refractivity contribution in [2.24, 2.45) is 0 Å². The lowest BCUT2D eigenvalue weighted by Crippen LogP contribution is -1.87. The van der Waals surface area contributed by atoms with Crippen molar-refractivity contribution in [3.05, 3.63) is 54.1 Å². The SMILES string of the molecule is Cc1ccc(-c2ccccc2-c2n[nH]c(S)n2)cc1. The summed E-state index contributed by atoms with van der Waals surface area (Å²) in [5, 5.41) is 7.46. The average molecular weight is 267 g/mol. The van der Waals surface area contributed by atoms with Crippen molar-refractivity contribution in [3.63, 3.8) is 0 Å². The summed E-state index contributed by atoms with van der Waals surface area (Å²) in [5.41, 5.74) is 4.53. The summed E-state index contributed by atoms with van der Waals surface area (Å²) in [6.07, 6.45) is 0. The molecule has 4 heteroatoms. The molecule has 94 valence electrons. The van der Waals surface area contributed by atoms with Crippen LogP contribution in [0.1, 0.15) is 5.56 Å². The lowest BCUT2D eigenvalue weighted by molar-refractivity contribution is 0.980. The molecule has 2 aromatic carbocycles. The van der Waals surface area contributed by atoms with Crippen LogP contribution in [0, 0.1) is 6.92 Å². The van der Waals surface area contributed by atoms with Gasteiger partial charge in [-0.2, -0.15) is 5.10 Å². The van der Waals surface area contributed by atoms with Gasteiger partial charge in [0.15, 0.2) is 11.0 Å². The first-order valence-electron chi connectivity index (χ1n) is 6.02. The Labute approximate surface area is 117 Å². The van der Waals surface area contributed by atoms with E-state index in [4.69, 9.17) is 0 Å². The molecule has 0 aliphatic rings. The van der Waals surface area contributed by atoms with Gasteiger partial charge in [0.25, 0.3) is 0 Å². The van der Waals surface area contributed by atoms with Crippen LogP contribution in [-0.2, 0) is 0 Å². The molecule has 0 spiro atoms. The first kappa shape index (κ1) is 12.0. The van der Waals surface area contributed by atoms with Crippen LogP contribution in [0.15, 0.2) is 53.7 Å². The quantitative estimate of drug-likeness (QED) is 0.695. The van der Waals surface area contributed by atoms with E-state index in [0.717, 1.165) is 16.7 Å². The molecule has 0 atom stereocenters. The zero-order valence-corrected chi connectivity index (χ0v) is 11.4. The van der Waals surface area contributed by atoms with Gasteiger partial charge >= 0.3 is 0 Å². The highest BCUT2D eigenvalue weighted by atomic mass is 32.1. The van der Waals surface area contributed by atoms with E-state index >= 15 is 0 Å². The van der Waals surface area contributed by atoms with Crippen LogP contribution in [0.5, 0.6) is 0 Å². The molecular formula is C15H13N3S. The summed E-state index contributed by atoms with van der Waals surface area (Å²) >= 11 is 4.16. The van der Waals surface area contributed by atoms with E-state index in [2.05, 4.69) is 65.1 Å². The minimum absolute atomic E-state index is 0.522. The molecule has 3 nitrogen and oxygen atoms in total. The Hall–Kier alpha value is -2.07. The highest BCUT2D eigenvalue weighted by molar-refractivity contribution is 7.80. The van der Waals surface area contributed by atoms with Gasteiger partial charge in [-0.05, 0) is 18.1 Å². The highest BCUT2D eigenvalue weighted by Gasteiger charge is 2.10. The number of benzene rings is 2. The Bertz CT molecular complexity index is 701. The predicted octanol–water partition coefficient (Wildman–Crippen LogP) is 3.74. The number of aromatic nitrogens is 3. The maximum atomic E-state index is 4.28. The zero-order valence-electron chi connectivity index (χ0n) is 10.5. The third-order valence-corrected chi connectivity index (χ3v) is 3.20. The first-order chi connectivity index (χ1) is 9.24. The zero-order chi connectivity index (χ0) is 13.2. The van der Waals surface area contributed by atoms with Crippen LogP contribution in [0.2, 0.25) is 0 Å². The number of aromatic amines is 1. The Kier molecular flexibility index (Phi) is 3.09. The number of nitrogens with zero attached hydrogens (tertiary/aromatic N) is 2. The van der Waals surface area contributed by atoms with Crippen molar-refractivity contribution in [3.8, 4) is 22.5 Å². The van der Waals surface area contributed by atoms with Gasteiger partial charge in [-0.25, -0.2) is 4.98 Å². The van der Waals surface area contributed by atoms with Gasteiger partial charge in [-0.1, -0.05) is 54.1 Å². The van der Waals surface area contributed by atoms with E-state index in [9.17, 15) is 0 Å². The number of rotatable bonds is 2. The Morgan fingerprint density at radius 2 is 1.63 bits per heavy atom. The van der Waals surface area contributed by atoms with Crippen molar-refractivity contribution in [2.45, 2.75) is 12.1 Å². The molecule has 19 heavy (non-hydrogen) atoms. The third kappa shape index (κ3) is 2.39. The lowest BCUT2D eigenvalue weighted by atomic mass is 9.98. The van der Waals surface area contributed by atoms with Crippen molar-refractivity contribution < 1.29 is 0 Å². The van der Waals surface area contributed by atoms with Crippen LogP contribution in [-0.4, -0.2) is 15.2 Å². The van der Waals surface area contributed by atoms with E-state index in [-0.39, 0.29) is 0 Å². The smallest absolute Gasteiger partial charge is 0.182 e. The standard InChI is InChI=1S/C15H13N3S/c1-10-6-8-11(9-7-10)12-4-2-3-5-13(12)14-16-15(19)18-17-14/h2-9H,1H3,(H2,16,17,18,19). The fraction of sp³-hybridized carbons (Fsp3) is 0.0667. The normalized spacial score (nSPS) is 10.6. The van der Waals surface area contributed by atoms with Crippen molar-refractivity contribution >= 4 is 12.6 Å². The van der Waals surface area contributed by atoms with Gasteiger partial charge in [0, 0.05) is 5.56 Å². The van der Waals surface area contributed by atoms with Gasteiger partial charge < -0.3 is 0 Å². The van der Waals surface area contributed by atoms with Crippen molar-refractivity contribution in [1.29, 1.82) is 0 Å². The molecule has 3 aromatic rings. The van der Waals surface area contributed by atoms with Crippen molar-refractivity contribution in [1.82, 2.24) is 15.2 Å². The molecule has 1 aromatic heterocycles. The summed E-state index contributed by atoms with van der Waals surface area (Å²) in [6, 6.07) is 16.5.